The summed E-state index contributed by atoms with van der Waals surface area (Å²) in [6.45, 7) is 3.93. The van der Waals surface area contributed by atoms with Crippen molar-refractivity contribution in [3.8, 4) is 0 Å². The molecule has 0 radical (unpaired) electrons. The summed E-state index contributed by atoms with van der Waals surface area (Å²) < 4.78 is 3.82. The van der Waals surface area contributed by atoms with Gasteiger partial charge in [0.1, 0.15) is 4.88 Å². The monoisotopic (exact) mass is 296 g/mol. The van der Waals surface area contributed by atoms with Gasteiger partial charge in [0.15, 0.2) is 0 Å². The molecule has 0 spiro atoms. The third kappa shape index (κ3) is 3.02. The van der Waals surface area contributed by atoms with Crippen LogP contribution in [0, 0.1) is 0 Å². The molecule has 0 aliphatic heterocycles. The normalized spacial score (nSPS) is 10.7. The number of hydrogen-bond acceptors (Lipinski definition) is 5. The van der Waals surface area contributed by atoms with E-state index in [0.717, 1.165) is 11.5 Å². The quantitative estimate of drug-likeness (QED) is 0.853. The number of aromatic nitrogens is 2. The van der Waals surface area contributed by atoms with Gasteiger partial charge < -0.3 is 11.1 Å². The molecule has 0 fully saturated rings. The third-order valence-electron chi connectivity index (χ3n) is 2.52. The second-order valence-corrected chi connectivity index (χ2v) is 5.49. The number of carbonyl (C=O) groups is 1. The molecule has 0 saturated carbocycles. The Balaban J connectivity index is 2.21. The Hall–Kier alpha value is -1.66. The largest absolute Gasteiger partial charge is 0.397 e. The van der Waals surface area contributed by atoms with Crippen LogP contribution in [0.4, 0.5) is 11.4 Å². The molecule has 0 atom stereocenters. The van der Waals surface area contributed by atoms with Crippen LogP contribution >= 0.6 is 23.1 Å². The molecule has 1 heterocycles. The lowest BCUT2D eigenvalue weighted by Gasteiger charge is -2.07. The van der Waals surface area contributed by atoms with Crippen molar-refractivity contribution in [2.75, 3.05) is 11.1 Å². The molecule has 7 heteroatoms. The summed E-state index contributed by atoms with van der Waals surface area (Å²) in [5, 5.41) is 7.19. The molecule has 2 aromatic rings. The number of hydrogen-bond donors (Lipinski definition) is 2. The van der Waals surface area contributed by atoms with E-state index in [4.69, 9.17) is 17.3 Å². The number of carbonyl (C=O) groups excluding carboxylic acids is 1. The maximum atomic E-state index is 12.1. The van der Waals surface area contributed by atoms with E-state index in [0.29, 0.717) is 27.0 Å². The van der Waals surface area contributed by atoms with E-state index in [1.807, 2.05) is 13.8 Å². The number of anilines is 2. The van der Waals surface area contributed by atoms with Gasteiger partial charge in [-0.25, -0.2) is 0 Å². The number of nitrogens with two attached hydrogens (primary N) is 1. The maximum Gasteiger partial charge on any atom is 0.269 e. The third-order valence-corrected chi connectivity index (χ3v) is 3.60. The average molecular weight is 297 g/mol. The Kier molecular flexibility index (Phi) is 4.01. The van der Waals surface area contributed by atoms with E-state index in [9.17, 15) is 4.79 Å². The van der Waals surface area contributed by atoms with Crippen LogP contribution < -0.4 is 11.1 Å². The fourth-order valence-corrected chi connectivity index (χ4v) is 2.37. The van der Waals surface area contributed by atoms with Crippen LogP contribution in [0.25, 0.3) is 0 Å². The van der Waals surface area contributed by atoms with Crippen molar-refractivity contribution < 1.29 is 4.79 Å². The van der Waals surface area contributed by atoms with E-state index in [1.54, 1.807) is 18.2 Å². The first kappa shape index (κ1) is 13.8. The standard InChI is InChI=1S/C12H13ClN4OS/c1-6(2)10-11(19-17-16-10)12(18)15-7-3-4-8(13)9(14)5-7/h3-6H,14H2,1-2H3,(H,15,18). The van der Waals surface area contributed by atoms with Gasteiger partial charge in [-0.1, -0.05) is 29.9 Å². The molecule has 5 nitrogen and oxygen atoms in total. The number of amides is 1. The van der Waals surface area contributed by atoms with Crippen molar-refractivity contribution in [1.82, 2.24) is 9.59 Å². The Labute approximate surface area is 119 Å². The summed E-state index contributed by atoms with van der Waals surface area (Å²) in [6.07, 6.45) is 0. The molecule has 0 aliphatic rings. The summed E-state index contributed by atoms with van der Waals surface area (Å²) in [4.78, 5) is 12.7. The molecule has 0 bridgehead atoms. The lowest BCUT2D eigenvalue weighted by Crippen LogP contribution is -2.13. The topological polar surface area (TPSA) is 80.9 Å². The summed E-state index contributed by atoms with van der Waals surface area (Å²) in [5.74, 6) is -0.0878. The first-order valence-electron chi connectivity index (χ1n) is 5.67. The fourth-order valence-electron chi connectivity index (χ4n) is 1.54. The highest BCUT2D eigenvalue weighted by molar-refractivity contribution is 7.08. The van der Waals surface area contributed by atoms with Crippen molar-refractivity contribution in [1.29, 1.82) is 0 Å². The molecule has 2 rings (SSSR count). The highest BCUT2D eigenvalue weighted by atomic mass is 35.5. The van der Waals surface area contributed by atoms with E-state index < -0.39 is 0 Å². The van der Waals surface area contributed by atoms with Gasteiger partial charge in [0.05, 0.1) is 16.4 Å². The van der Waals surface area contributed by atoms with Crippen LogP contribution in [0.2, 0.25) is 5.02 Å². The number of rotatable bonds is 3. The van der Waals surface area contributed by atoms with E-state index in [-0.39, 0.29) is 11.8 Å². The number of halogens is 1. The van der Waals surface area contributed by atoms with Gasteiger partial charge >= 0.3 is 0 Å². The second kappa shape index (κ2) is 5.54. The Bertz CT molecular complexity index is 612. The van der Waals surface area contributed by atoms with Gasteiger partial charge in [0.2, 0.25) is 0 Å². The van der Waals surface area contributed by atoms with Gasteiger partial charge in [0, 0.05) is 5.69 Å². The predicted octanol–water partition coefficient (Wildman–Crippen LogP) is 3.15. The van der Waals surface area contributed by atoms with Gasteiger partial charge in [-0.3, -0.25) is 4.79 Å². The first-order valence-corrected chi connectivity index (χ1v) is 6.82. The van der Waals surface area contributed by atoms with Crippen LogP contribution in [0.3, 0.4) is 0 Å². The van der Waals surface area contributed by atoms with Gasteiger partial charge in [-0.05, 0) is 35.6 Å². The summed E-state index contributed by atoms with van der Waals surface area (Å²) in [5.41, 5.74) is 7.40. The zero-order chi connectivity index (χ0) is 14.0. The van der Waals surface area contributed by atoms with Gasteiger partial charge in [-0.15, -0.1) is 5.10 Å². The van der Waals surface area contributed by atoms with E-state index >= 15 is 0 Å². The second-order valence-electron chi connectivity index (χ2n) is 4.33. The van der Waals surface area contributed by atoms with Crippen molar-refractivity contribution in [2.45, 2.75) is 19.8 Å². The Morgan fingerprint density at radius 3 is 2.84 bits per heavy atom. The minimum Gasteiger partial charge on any atom is -0.397 e. The minimum atomic E-state index is -0.236. The van der Waals surface area contributed by atoms with Crippen LogP contribution in [-0.4, -0.2) is 15.5 Å². The average Bonchev–Trinajstić information content (AvgIpc) is 2.83. The minimum absolute atomic E-state index is 0.148. The number of nitrogens with one attached hydrogen (secondary N) is 1. The molecule has 0 unspecified atom stereocenters. The van der Waals surface area contributed by atoms with Crippen LogP contribution in [-0.2, 0) is 0 Å². The molecular weight excluding hydrogens is 284 g/mol. The van der Waals surface area contributed by atoms with Crippen molar-refractivity contribution in [3.05, 3.63) is 33.8 Å². The zero-order valence-corrected chi connectivity index (χ0v) is 12.0. The Morgan fingerprint density at radius 2 is 2.21 bits per heavy atom. The molecule has 3 N–H and O–H groups in total. The molecule has 1 aromatic heterocycles. The fraction of sp³-hybridized carbons (Fsp3) is 0.250. The molecule has 0 aliphatic carbocycles. The smallest absolute Gasteiger partial charge is 0.269 e. The first-order chi connectivity index (χ1) is 8.99. The van der Waals surface area contributed by atoms with Crippen LogP contribution in [0.1, 0.15) is 35.1 Å². The molecule has 1 amide bonds. The molecule has 0 saturated heterocycles. The molecular formula is C12H13ClN4OS. The van der Waals surface area contributed by atoms with Crippen LogP contribution in [0.5, 0.6) is 0 Å². The molecule has 19 heavy (non-hydrogen) atoms. The lowest BCUT2D eigenvalue weighted by atomic mass is 10.1. The lowest BCUT2D eigenvalue weighted by molar-refractivity contribution is 0.102. The zero-order valence-electron chi connectivity index (χ0n) is 10.5. The number of nitrogens with zero attached hydrogens (tertiary/aromatic N) is 2. The van der Waals surface area contributed by atoms with Crippen molar-refractivity contribution in [2.24, 2.45) is 0 Å². The maximum absolute atomic E-state index is 12.1. The van der Waals surface area contributed by atoms with Crippen LogP contribution in [0.15, 0.2) is 18.2 Å². The number of benzene rings is 1. The van der Waals surface area contributed by atoms with Gasteiger partial charge in [-0.2, -0.15) is 0 Å². The SMILES string of the molecule is CC(C)c1nnsc1C(=O)Nc1ccc(Cl)c(N)c1. The highest BCUT2D eigenvalue weighted by Crippen LogP contribution is 2.24. The van der Waals surface area contributed by atoms with Crippen molar-refractivity contribution >= 4 is 40.4 Å². The summed E-state index contributed by atoms with van der Waals surface area (Å²) >= 11 is 6.91. The van der Waals surface area contributed by atoms with E-state index in [1.165, 1.54) is 0 Å². The summed E-state index contributed by atoms with van der Waals surface area (Å²) in [6, 6.07) is 4.95. The summed E-state index contributed by atoms with van der Waals surface area (Å²) in [7, 11) is 0. The number of nitrogen functional groups attached to an aromatic ring is 1. The van der Waals surface area contributed by atoms with Crippen molar-refractivity contribution in [3.63, 3.8) is 0 Å². The predicted molar refractivity (Wildman–Crippen MR) is 77.8 cm³/mol. The Morgan fingerprint density at radius 1 is 1.47 bits per heavy atom. The van der Waals surface area contributed by atoms with Gasteiger partial charge in [0.25, 0.3) is 5.91 Å². The molecule has 1 aromatic carbocycles. The molecule has 100 valence electrons. The highest BCUT2D eigenvalue weighted by Gasteiger charge is 2.18. The van der Waals surface area contributed by atoms with E-state index in [2.05, 4.69) is 14.9 Å².